The lowest BCUT2D eigenvalue weighted by Crippen LogP contribution is -2.22. The Labute approximate surface area is 198 Å². The molecule has 4 rings (SSSR count). The largest absolute Gasteiger partial charge is 0.455 e. The van der Waals surface area contributed by atoms with Crippen LogP contribution in [0.15, 0.2) is 71.9 Å². The van der Waals surface area contributed by atoms with E-state index in [9.17, 15) is 18.4 Å². The van der Waals surface area contributed by atoms with Crippen molar-refractivity contribution in [2.45, 2.75) is 18.6 Å². The third-order valence-corrected chi connectivity index (χ3v) is 5.88. The maximum atomic E-state index is 13.6. The lowest BCUT2D eigenvalue weighted by Gasteiger charge is -2.10. The highest BCUT2D eigenvalue weighted by atomic mass is 32.2. The summed E-state index contributed by atoms with van der Waals surface area (Å²) in [5.41, 5.74) is 3.68. The van der Waals surface area contributed by atoms with E-state index < -0.39 is 30.1 Å². The second-order valence-electron chi connectivity index (χ2n) is 7.58. The van der Waals surface area contributed by atoms with Gasteiger partial charge in [0.05, 0.1) is 29.0 Å². The highest BCUT2D eigenvalue weighted by molar-refractivity contribution is 7.99. The van der Waals surface area contributed by atoms with E-state index in [1.165, 1.54) is 11.8 Å². The lowest BCUT2D eigenvalue weighted by molar-refractivity contribution is -0.144. The number of esters is 1. The van der Waals surface area contributed by atoms with Gasteiger partial charge in [-0.05, 0) is 36.8 Å². The summed E-state index contributed by atoms with van der Waals surface area (Å²) in [6.07, 6.45) is 0. The van der Waals surface area contributed by atoms with Crippen molar-refractivity contribution in [1.29, 1.82) is 0 Å². The molecule has 0 aliphatic carbocycles. The number of nitrogens with zero attached hydrogens (tertiary/aromatic N) is 2. The van der Waals surface area contributed by atoms with Crippen LogP contribution < -0.4 is 5.32 Å². The van der Waals surface area contributed by atoms with Crippen LogP contribution in [0.25, 0.3) is 11.0 Å². The molecule has 1 aromatic heterocycles. The summed E-state index contributed by atoms with van der Waals surface area (Å²) in [4.78, 5) is 28.8. The average molecular weight is 482 g/mol. The van der Waals surface area contributed by atoms with Crippen molar-refractivity contribution in [3.63, 3.8) is 0 Å². The summed E-state index contributed by atoms with van der Waals surface area (Å²) in [7, 11) is 0. The van der Waals surface area contributed by atoms with Crippen molar-refractivity contribution in [2.75, 3.05) is 17.7 Å². The summed E-state index contributed by atoms with van der Waals surface area (Å²) >= 11 is 1.20. The first kappa shape index (κ1) is 23.4. The van der Waals surface area contributed by atoms with Crippen molar-refractivity contribution in [3.05, 3.63) is 89.5 Å². The van der Waals surface area contributed by atoms with Crippen LogP contribution in [0.5, 0.6) is 0 Å². The molecule has 0 spiro atoms. The Morgan fingerprint density at radius 3 is 2.71 bits per heavy atom. The number of hydrogen-bond acceptors (Lipinski definition) is 5. The molecule has 0 radical (unpaired) electrons. The molecule has 3 aromatic carbocycles. The smallest absolute Gasteiger partial charge is 0.316 e. The number of hydrogen-bond donors (Lipinski definition) is 1. The van der Waals surface area contributed by atoms with Crippen LogP contribution in [-0.4, -0.2) is 33.8 Å². The molecule has 9 heteroatoms. The number of halogens is 2. The zero-order chi connectivity index (χ0) is 24.1. The fourth-order valence-electron chi connectivity index (χ4n) is 3.40. The molecule has 0 atom stereocenters. The quantitative estimate of drug-likeness (QED) is 0.285. The first-order chi connectivity index (χ1) is 16.4. The molecular weight excluding hydrogens is 460 g/mol. The summed E-state index contributed by atoms with van der Waals surface area (Å²) in [6.45, 7) is 2.00. The number of anilines is 1. The van der Waals surface area contributed by atoms with Gasteiger partial charge in [-0.25, -0.2) is 13.8 Å². The van der Waals surface area contributed by atoms with Gasteiger partial charge in [0.25, 0.3) is 5.91 Å². The molecule has 0 aliphatic heterocycles. The fraction of sp³-hybridized carbons (Fsp3) is 0.160. The molecule has 1 N–H and O–H groups in total. The number of benzene rings is 3. The molecule has 0 saturated heterocycles. The molecule has 6 nitrogen and oxygen atoms in total. The number of carbonyl (C=O) groups is 2. The van der Waals surface area contributed by atoms with E-state index in [4.69, 9.17) is 4.74 Å². The van der Waals surface area contributed by atoms with Gasteiger partial charge in [-0.15, -0.1) is 0 Å². The Morgan fingerprint density at radius 1 is 1.06 bits per heavy atom. The lowest BCUT2D eigenvalue weighted by atomic mass is 10.1. The van der Waals surface area contributed by atoms with Gasteiger partial charge in [-0.3, -0.25) is 9.59 Å². The number of aromatic nitrogens is 2. The number of rotatable bonds is 8. The van der Waals surface area contributed by atoms with Crippen molar-refractivity contribution in [3.8, 4) is 0 Å². The van der Waals surface area contributed by atoms with Crippen molar-refractivity contribution in [1.82, 2.24) is 9.55 Å². The molecule has 34 heavy (non-hydrogen) atoms. The fourth-order valence-corrected chi connectivity index (χ4v) is 4.21. The molecule has 0 bridgehead atoms. The van der Waals surface area contributed by atoms with Crippen LogP contribution in [0.4, 0.5) is 14.5 Å². The zero-order valence-corrected chi connectivity index (χ0v) is 19.1. The second-order valence-corrected chi connectivity index (χ2v) is 8.52. The van der Waals surface area contributed by atoms with Crippen LogP contribution >= 0.6 is 11.8 Å². The molecule has 0 unspecified atom stereocenters. The van der Waals surface area contributed by atoms with E-state index in [1.54, 1.807) is 0 Å². The predicted molar refractivity (Wildman–Crippen MR) is 127 cm³/mol. The number of nitrogens with one attached hydrogen (secondary N) is 1. The van der Waals surface area contributed by atoms with Crippen LogP contribution in [-0.2, 0) is 20.9 Å². The van der Waals surface area contributed by atoms with E-state index in [-0.39, 0.29) is 11.4 Å². The number of aryl methyl sites for hydroxylation is 1. The highest BCUT2D eigenvalue weighted by Gasteiger charge is 2.15. The van der Waals surface area contributed by atoms with E-state index in [1.807, 2.05) is 54.0 Å². The number of fused-ring (bicyclic) bond motifs is 1. The number of thioether (sulfide) groups is 1. The van der Waals surface area contributed by atoms with Gasteiger partial charge in [0.2, 0.25) is 0 Å². The van der Waals surface area contributed by atoms with E-state index in [0.29, 0.717) is 11.7 Å². The van der Waals surface area contributed by atoms with Gasteiger partial charge in [-0.1, -0.05) is 53.7 Å². The SMILES string of the molecule is Cc1cccc(Cn2c(SCC(=O)OCC(=O)Nc3cc(F)ccc3F)nc3ccccc32)c1. The molecule has 174 valence electrons. The standard InChI is InChI=1S/C25H21F2N3O3S/c1-16-5-4-6-17(11-16)13-30-22-8-3-2-7-20(22)29-25(30)34-15-24(32)33-14-23(31)28-21-12-18(26)9-10-19(21)27/h2-12H,13-15H2,1H3,(H,28,31). The van der Waals surface area contributed by atoms with Crippen molar-refractivity contribution < 1.29 is 23.1 Å². The number of carbonyl (C=O) groups excluding carboxylic acids is 2. The molecular formula is C25H21F2N3O3S. The maximum Gasteiger partial charge on any atom is 0.316 e. The summed E-state index contributed by atoms with van der Waals surface area (Å²) < 4.78 is 33.9. The van der Waals surface area contributed by atoms with Gasteiger partial charge in [0.1, 0.15) is 11.6 Å². The number of imidazole rings is 1. The third-order valence-electron chi connectivity index (χ3n) is 4.93. The summed E-state index contributed by atoms with van der Waals surface area (Å²) in [6, 6.07) is 18.5. The van der Waals surface area contributed by atoms with Gasteiger partial charge in [0, 0.05) is 6.07 Å². The molecule has 1 heterocycles. The monoisotopic (exact) mass is 481 g/mol. The zero-order valence-electron chi connectivity index (χ0n) is 18.3. The van der Waals surface area contributed by atoms with Crippen LogP contribution in [0, 0.1) is 18.6 Å². The molecule has 0 aliphatic rings. The Bertz CT molecular complexity index is 1360. The summed E-state index contributed by atoms with van der Waals surface area (Å²) in [5.74, 6) is -2.95. The number of para-hydroxylation sites is 2. The van der Waals surface area contributed by atoms with Crippen LogP contribution in [0.1, 0.15) is 11.1 Å². The Balaban J connectivity index is 1.38. The van der Waals surface area contributed by atoms with Crippen molar-refractivity contribution >= 4 is 40.4 Å². The predicted octanol–water partition coefficient (Wildman–Crippen LogP) is 4.95. The van der Waals surface area contributed by atoms with E-state index in [2.05, 4.69) is 16.4 Å². The Kier molecular flexibility index (Phi) is 7.22. The average Bonchev–Trinajstić information content (AvgIpc) is 3.16. The Hall–Kier alpha value is -3.72. The van der Waals surface area contributed by atoms with Gasteiger partial charge in [0.15, 0.2) is 11.8 Å². The van der Waals surface area contributed by atoms with Gasteiger partial charge >= 0.3 is 5.97 Å². The highest BCUT2D eigenvalue weighted by Crippen LogP contribution is 2.25. The maximum absolute atomic E-state index is 13.6. The molecule has 1 amide bonds. The second kappa shape index (κ2) is 10.5. The molecule has 0 fully saturated rings. The van der Waals surface area contributed by atoms with E-state index in [0.717, 1.165) is 40.4 Å². The first-order valence-electron chi connectivity index (χ1n) is 10.4. The molecule has 4 aromatic rings. The van der Waals surface area contributed by atoms with Crippen LogP contribution in [0.3, 0.4) is 0 Å². The number of ether oxygens (including phenoxy) is 1. The molecule has 0 saturated carbocycles. The van der Waals surface area contributed by atoms with Gasteiger partial charge in [-0.2, -0.15) is 0 Å². The van der Waals surface area contributed by atoms with Crippen molar-refractivity contribution in [2.24, 2.45) is 0 Å². The minimum atomic E-state index is -0.788. The van der Waals surface area contributed by atoms with Crippen LogP contribution in [0.2, 0.25) is 0 Å². The first-order valence-corrected chi connectivity index (χ1v) is 11.4. The topological polar surface area (TPSA) is 73.2 Å². The third kappa shape index (κ3) is 5.79. The minimum absolute atomic E-state index is 0.0707. The van der Waals surface area contributed by atoms with E-state index >= 15 is 0 Å². The Morgan fingerprint density at radius 2 is 1.88 bits per heavy atom. The number of amides is 1. The van der Waals surface area contributed by atoms with Gasteiger partial charge < -0.3 is 14.6 Å². The normalized spacial score (nSPS) is 10.9. The summed E-state index contributed by atoms with van der Waals surface area (Å²) in [5, 5.41) is 2.83. The minimum Gasteiger partial charge on any atom is -0.455 e.